The fraction of sp³-hybridized carbons (Fsp3) is 0.339. The van der Waals surface area contributed by atoms with E-state index in [9.17, 15) is 19.6 Å². The Morgan fingerprint density at radius 2 is 1.13 bits per heavy atom. The number of nitrogens with zero attached hydrogens (tertiary/aromatic N) is 11. The third-order valence-electron chi connectivity index (χ3n) is 14.3. The number of hydrogen-bond donors (Lipinski definition) is 1. The number of carbonyl (C=O) groups is 3. The number of rotatable bonds is 9. The first kappa shape index (κ1) is 58.5. The Morgan fingerprint density at radius 1 is 0.636 bits per heavy atom. The highest BCUT2D eigenvalue weighted by Gasteiger charge is 2.32. The molecule has 0 saturated carbocycles. The zero-order valence-corrected chi connectivity index (χ0v) is 46.0. The lowest BCUT2D eigenvalue weighted by Crippen LogP contribution is -2.55. The molecule has 0 bridgehead atoms. The second-order valence-corrected chi connectivity index (χ2v) is 19.0. The molecular weight excluding hydrogens is 1000 g/mol. The number of carbonyl (C=O) groups excluding carboxylic acids is 3. The first-order valence-electron chi connectivity index (χ1n) is 25.6. The standard InChI is InChI=1S/C28H30N6O.C25H28N6.C6H6O3.2H2S/c1-3-26(35)34-16-15-33(17-22(34)12-13-29)28-23-10-6-14-32(18-24(23)30-19-31-28)25-11-5-9-21-8-4-7-20(2)27(21)25;1-18-5-2-6-19-7-3-9-23(24(18)19)30-13-4-8-21-22(16-30)28-17-29-25(21)31-14-12-27-20(15-31)10-11-26;1-3-5(7)9-6(8)4-2;;/h3-5,7-9,11,19,22H,1,6,10,12,14-18H2,2H3;2-3,5-7,9,17,20,27H,4,8,10,12-16H2,1H3;3-4H,1-2H2;2*1H2/t22-;20-;;;/m00.../s1. The van der Waals surface area contributed by atoms with Crippen LogP contribution in [-0.2, 0) is 45.1 Å². The zero-order valence-electron chi connectivity index (χ0n) is 44.0. The molecule has 0 aliphatic carbocycles. The molecule has 0 spiro atoms. The third kappa shape index (κ3) is 13.8. The van der Waals surface area contributed by atoms with Crippen LogP contribution in [0.3, 0.4) is 0 Å². The predicted molar refractivity (Wildman–Crippen MR) is 315 cm³/mol. The van der Waals surface area contributed by atoms with Crippen LogP contribution in [0, 0.1) is 36.5 Å². The predicted octanol–water partition coefficient (Wildman–Crippen LogP) is 8.24. The highest BCUT2D eigenvalue weighted by molar-refractivity contribution is 7.59. The van der Waals surface area contributed by atoms with E-state index in [-0.39, 0.29) is 51.4 Å². The van der Waals surface area contributed by atoms with Crippen molar-refractivity contribution in [3.05, 3.63) is 157 Å². The summed E-state index contributed by atoms with van der Waals surface area (Å²) in [6.07, 6.45) is 11.3. The van der Waals surface area contributed by atoms with E-state index < -0.39 is 11.9 Å². The lowest BCUT2D eigenvalue weighted by atomic mass is 10.0. The van der Waals surface area contributed by atoms with Crippen LogP contribution in [0.4, 0.5) is 23.0 Å². The maximum absolute atomic E-state index is 12.3. The molecule has 400 valence electrons. The van der Waals surface area contributed by atoms with E-state index in [1.807, 2.05) is 0 Å². The van der Waals surface area contributed by atoms with Gasteiger partial charge in [-0.3, -0.25) is 4.79 Å². The van der Waals surface area contributed by atoms with Crippen LogP contribution in [-0.4, -0.2) is 107 Å². The van der Waals surface area contributed by atoms with E-state index in [1.54, 1.807) is 17.6 Å². The van der Waals surface area contributed by atoms with Crippen LogP contribution in [0.1, 0.15) is 59.3 Å². The SMILES string of the molecule is C=CC(=O)N1CCN(c2ncnc3c2CCCN(c2cccc4cccc(C)c24)C3)C[C@@H]1CC#N.C=CC(=O)OC(=O)C=C.Cc1cccc2cccc(N3CCCc4c(ncnc4N4CCN[C@@H](CC#N)C4)C3)c12.S.S. The molecule has 4 aromatic carbocycles. The number of amides is 1. The average molecular weight is 1070 g/mol. The van der Waals surface area contributed by atoms with E-state index in [0.717, 1.165) is 107 Å². The summed E-state index contributed by atoms with van der Waals surface area (Å²) < 4.78 is 4.03. The fourth-order valence-electron chi connectivity index (χ4n) is 10.8. The van der Waals surface area contributed by atoms with Gasteiger partial charge in [0.1, 0.15) is 24.3 Å². The normalized spacial score (nSPS) is 16.8. The first-order chi connectivity index (χ1) is 36.5. The number of nitriles is 2. The molecule has 4 aliphatic rings. The van der Waals surface area contributed by atoms with Crippen LogP contribution in [0.5, 0.6) is 0 Å². The number of aryl methyl sites for hydroxylation is 2. The number of esters is 2. The highest BCUT2D eigenvalue weighted by atomic mass is 32.1. The molecule has 2 saturated heterocycles. The second kappa shape index (κ2) is 27.8. The van der Waals surface area contributed by atoms with Crippen LogP contribution >= 0.6 is 27.0 Å². The highest BCUT2D eigenvalue weighted by Crippen LogP contribution is 2.36. The Labute approximate surface area is 465 Å². The maximum Gasteiger partial charge on any atom is 0.338 e. The lowest BCUT2D eigenvalue weighted by molar-refractivity contribution is -0.152. The summed E-state index contributed by atoms with van der Waals surface area (Å²) in [5.74, 6) is 0.359. The van der Waals surface area contributed by atoms with Gasteiger partial charge in [0.05, 0.1) is 55.5 Å². The molecule has 2 aromatic heterocycles. The number of nitrogens with one attached hydrogen (secondary N) is 1. The molecule has 16 nitrogen and oxygen atoms in total. The summed E-state index contributed by atoms with van der Waals surface area (Å²) in [7, 11) is 0. The van der Waals surface area contributed by atoms with E-state index in [4.69, 9.17) is 25.2 Å². The number of hydrogen-bond acceptors (Lipinski definition) is 15. The number of ether oxygens (including phenoxy) is 1. The quantitative estimate of drug-likeness (QED) is 0.0828. The number of anilines is 4. The van der Waals surface area contributed by atoms with Crippen molar-refractivity contribution in [1.82, 2.24) is 30.2 Å². The topological polar surface area (TPSA) is 188 Å². The van der Waals surface area contributed by atoms with Gasteiger partial charge in [0.15, 0.2) is 0 Å². The maximum atomic E-state index is 12.3. The minimum Gasteiger partial charge on any atom is -0.387 e. The van der Waals surface area contributed by atoms with Crippen LogP contribution in [0.2, 0.25) is 0 Å². The van der Waals surface area contributed by atoms with Gasteiger partial charge in [-0.05, 0) is 79.6 Å². The Balaban J connectivity index is 0.000000212. The molecule has 77 heavy (non-hydrogen) atoms. The van der Waals surface area contributed by atoms with Crippen molar-refractivity contribution in [1.29, 1.82) is 10.5 Å². The smallest absolute Gasteiger partial charge is 0.338 e. The van der Waals surface area contributed by atoms with Gasteiger partial charge in [-0.15, -0.1) is 0 Å². The van der Waals surface area contributed by atoms with Crippen LogP contribution in [0.15, 0.2) is 123 Å². The lowest BCUT2D eigenvalue weighted by Gasteiger charge is -2.41. The second-order valence-electron chi connectivity index (χ2n) is 19.0. The van der Waals surface area contributed by atoms with Gasteiger partial charge in [-0.25, -0.2) is 29.5 Å². The summed E-state index contributed by atoms with van der Waals surface area (Å²) in [4.78, 5) is 62.7. The van der Waals surface area contributed by atoms with Crippen molar-refractivity contribution >= 4 is 89.4 Å². The molecule has 2 fully saturated rings. The van der Waals surface area contributed by atoms with Crippen molar-refractivity contribution in [2.75, 3.05) is 72.0 Å². The van der Waals surface area contributed by atoms with Gasteiger partial charge in [0, 0.05) is 104 Å². The molecule has 18 heteroatoms. The number of benzene rings is 4. The molecule has 6 heterocycles. The fourth-order valence-corrected chi connectivity index (χ4v) is 10.8. The van der Waals surface area contributed by atoms with Crippen LogP contribution in [0.25, 0.3) is 21.5 Å². The molecule has 6 aromatic rings. The minimum absolute atomic E-state index is 0. The van der Waals surface area contributed by atoms with E-state index >= 15 is 0 Å². The largest absolute Gasteiger partial charge is 0.387 e. The van der Waals surface area contributed by atoms with Crippen molar-refractivity contribution in [3.8, 4) is 12.1 Å². The van der Waals surface area contributed by atoms with Crippen molar-refractivity contribution in [2.45, 2.75) is 77.5 Å². The molecule has 10 rings (SSSR count). The van der Waals surface area contributed by atoms with E-state index in [1.165, 1.54) is 61.2 Å². The molecule has 2 atom stereocenters. The van der Waals surface area contributed by atoms with Crippen molar-refractivity contribution in [2.24, 2.45) is 0 Å². The first-order valence-corrected chi connectivity index (χ1v) is 25.6. The Morgan fingerprint density at radius 3 is 1.61 bits per heavy atom. The number of aromatic nitrogens is 4. The summed E-state index contributed by atoms with van der Waals surface area (Å²) >= 11 is 0. The van der Waals surface area contributed by atoms with Gasteiger partial charge in [0.2, 0.25) is 5.91 Å². The molecular formula is C59H68N12O4S2. The van der Waals surface area contributed by atoms with E-state index in [0.29, 0.717) is 26.1 Å². The summed E-state index contributed by atoms with van der Waals surface area (Å²) in [6.45, 7) is 22.1. The average Bonchev–Trinajstić information content (AvgIpc) is 3.82. The molecule has 1 amide bonds. The summed E-state index contributed by atoms with van der Waals surface area (Å²) in [6, 6.07) is 30.6. The molecule has 1 N–H and O–H groups in total. The third-order valence-corrected chi connectivity index (χ3v) is 14.3. The Bertz CT molecular complexity index is 3170. The summed E-state index contributed by atoms with van der Waals surface area (Å²) in [5.41, 5.74) is 9.78. The zero-order chi connectivity index (χ0) is 52.8. The number of piperazine rings is 2. The molecule has 0 unspecified atom stereocenters. The minimum atomic E-state index is -0.764. The molecule has 4 aliphatic heterocycles. The van der Waals surface area contributed by atoms with Gasteiger partial charge in [0.25, 0.3) is 0 Å². The Hall–Kier alpha value is -7.77. The van der Waals surface area contributed by atoms with Crippen molar-refractivity contribution in [3.63, 3.8) is 0 Å². The van der Waals surface area contributed by atoms with Gasteiger partial charge >= 0.3 is 11.9 Å². The van der Waals surface area contributed by atoms with Crippen LogP contribution < -0.4 is 24.9 Å². The van der Waals surface area contributed by atoms with Gasteiger partial charge in [-0.2, -0.15) is 37.5 Å². The summed E-state index contributed by atoms with van der Waals surface area (Å²) in [5, 5.41) is 27.1. The Kier molecular flexibility index (Phi) is 21.2. The van der Waals surface area contributed by atoms with Crippen molar-refractivity contribution < 1.29 is 19.1 Å². The number of fused-ring (bicyclic) bond motifs is 4. The van der Waals surface area contributed by atoms with E-state index in [2.05, 4.69) is 148 Å². The van der Waals surface area contributed by atoms with Gasteiger partial charge < -0.3 is 34.6 Å². The van der Waals surface area contributed by atoms with Gasteiger partial charge in [-0.1, -0.05) is 80.4 Å². The monoisotopic (exact) mass is 1070 g/mol. The molecule has 0 radical (unpaired) electrons.